The average molecular weight is 323 g/mol. The van der Waals surface area contributed by atoms with E-state index in [1.54, 1.807) is 0 Å². The molecule has 4 nitrogen and oxygen atoms in total. The van der Waals surface area contributed by atoms with Crippen LogP contribution in [0.1, 0.15) is 48.5 Å². The van der Waals surface area contributed by atoms with E-state index in [4.69, 9.17) is 9.05 Å². The van der Waals surface area contributed by atoms with Gasteiger partial charge in [-0.3, -0.25) is 9.88 Å². The maximum Gasteiger partial charge on any atom is 0.348 e. The lowest BCUT2D eigenvalue weighted by molar-refractivity contribution is 0.170. The molecule has 0 radical (unpaired) electrons. The van der Waals surface area contributed by atoms with Crippen LogP contribution in [0, 0.1) is 10.8 Å². The van der Waals surface area contributed by atoms with Crippen molar-refractivity contribution >= 4 is 19.4 Å². The van der Waals surface area contributed by atoms with Gasteiger partial charge in [-0.25, -0.2) is 0 Å². The highest BCUT2D eigenvalue weighted by molar-refractivity contribution is 8.00. The van der Waals surface area contributed by atoms with Crippen LogP contribution in [0.15, 0.2) is 0 Å². The first-order chi connectivity index (χ1) is 9.07. The molecule has 1 heterocycles. The number of hydrogen-bond acceptors (Lipinski definition) is 5. The van der Waals surface area contributed by atoms with Crippen molar-refractivity contribution in [2.75, 3.05) is 19.0 Å². The SMILES string of the molecule is CCOP(=O)(OCC)[C@@H]1N[C@@H](C(C)(C)C)SCC1(C)C. The molecule has 0 aliphatic carbocycles. The summed E-state index contributed by atoms with van der Waals surface area (Å²) in [7, 11) is -3.15. The molecule has 0 aromatic heterocycles. The van der Waals surface area contributed by atoms with Crippen molar-refractivity contribution in [3.8, 4) is 0 Å². The van der Waals surface area contributed by atoms with Crippen molar-refractivity contribution in [1.82, 2.24) is 5.32 Å². The normalized spacial score (nSPS) is 27.6. The molecule has 1 N–H and O–H groups in total. The summed E-state index contributed by atoms with van der Waals surface area (Å²) in [5.74, 6) is 0.678. The Labute approximate surface area is 128 Å². The molecule has 6 heteroatoms. The molecule has 1 aliphatic heterocycles. The van der Waals surface area contributed by atoms with Gasteiger partial charge in [0.2, 0.25) is 0 Å². The van der Waals surface area contributed by atoms with Gasteiger partial charge < -0.3 is 9.05 Å². The summed E-state index contributed by atoms with van der Waals surface area (Å²) < 4.78 is 24.3. The van der Waals surface area contributed by atoms with E-state index in [0.29, 0.717) is 13.2 Å². The van der Waals surface area contributed by atoms with Gasteiger partial charge in [-0.15, -0.1) is 11.8 Å². The Morgan fingerprint density at radius 1 is 1.25 bits per heavy atom. The van der Waals surface area contributed by atoms with Crippen LogP contribution in [0.25, 0.3) is 0 Å². The first-order valence-electron chi connectivity index (χ1n) is 7.33. The van der Waals surface area contributed by atoms with Gasteiger partial charge in [-0.1, -0.05) is 34.6 Å². The van der Waals surface area contributed by atoms with Crippen molar-refractivity contribution < 1.29 is 13.6 Å². The molecule has 1 saturated heterocycles. The Morgan fingerprint density at radius 2 is 1.75 bits per heavy atom. The van der Waals surface area contributed by atoms with E-state index < -0.39 is 7.60 Å². The van der Waals surface area contributed by atoms with Gasteiger partial charge >= 0.3 is 7.60 Å². The topological polar surface area (TPSA) is 47.6 Å². The zero-order chi connectivity index (χ0) is 15.6. The monoisotopic (exact) mass is 323 g/mol. The van der Waals surface area contributed by atoms with E-state index in [0.717, 1.165) is 5.75 Å². The molecular weight excluding hydrogens is 293 g/mol. The lowest BCUT2D eigenvalue weighted by Gasteiger charge is -2.48. The van der Waals surface area contributed by atoms with Gasteiger partial charge in [-0.2, -0.15) is 0 Å². The maximum atomic E-state index is 13.1. The summed E-state index contributed by atoms with van der Waals surface area (Å²) in [5, 5.41) is 3.79. The molecule has 0 unspecified atom stereocenters. The molecule has 0 amide bonds. The molecule has 0 saturated carbocycles. The minimum Gasteiger partial charge on any atom is -0.308 e. The average Bonchev–Trinajstić information content (AvgIpc) is 2.27. The van der Waals surface area contributed by atoms with Crippen molar-refractivity contribution in [3.05, 3.63) is 0 Å². The summed E-state index contributed by atoms with van der Waals surface area (Å²) in [6.45, 7) is 15.4. The van der Waals surface area contributed by atoms with Gasteiger partial charge in [-0.05, 0) is 19.3 Å². The third-order valence-electron chi connectivity index (χ3n) is 3.39. The van der Waals surface area contributed by atoms with Crippen LogP contribution in [-0.2, 0) is 13.6 Å². The van der Waals surface area contributed by atoms with Crippen molar-refractivity contribution in [2.24, 2.45) is 10.8 Å². The fourth-order valence-electron chi connectivity index (χ4n) is 2.36. The molecule has 2 atom stereocenters. The number of hydrogen-bond donors (Lipinski definition) is 1. The Kier molecular flexibility index (Phi) is 6.20. The lowest BCUT2D eigenvalue weighted by atomic mass is 9.92. The van der Waals surface area contributed by atoms with Crippen LogP contribution in [0.5, 0.6) is 0 Å². The summed E-state index contributed by atoms with van der Waals surface area (Å²) in [4.78, 5) is 0. The third kappa shape index (κ3) is 4.23. The molecule has 0 bridgehead atoms. The summed E-state index contributed by atoms with van der Waals surface area (Å²) in [5.41, 5.74) is -0.0328. The minimum atomic E-state index is -3.15. The Hall–Kier alpha value is 0.460. The van der Waals surface area contributed by atoms with Crippen LogP contribution in [0.4, 0.5) is 0 Å². The van der Waals surface area contributed by atoms with Crippen molar-refractivity contribution in [3.63, 3.8) is 0 Å². The van der Waals surface area contributed by atoms with Gasteiger partial charge in [0.05, 0.1) is 18.6 Å². The van der Waals surface area contributed by atoms with E-state index in [1.165, 1.54) is 0 Å². The Morgan fingerprint density at radius 3 is 2.15 bits per heavy atom. The van der Waals surface area contributed by atoms with Crippen molar-refractivity contribution in [1.29, 1.82) is 0 Å². The second kappa shape index (κ2) is 6.70. The zero-order valence-corrected chi connectivity index (χ0v) is 15.6. The Bertz CT molecular complexity index is 358. The second-order valence-corrected chi connectivity index (χ2v) is 10.2. The fourth-order valence-corrected chi connectivity index (χ4v) is 6.45. The quantitative estimate of drug-likeness (QED) is 0.764. The molecular formula is C14H30NO3PS. The van der Waals surface area contributed by atoms with Crippen LogP contribution >= 0.6 is 19.4 Å². The fraction of sp³-hybridized carbons (Fsp3) is 1.00. The first kappa shape index (κ1) is 18.5. The highest BCUT2D eigenvalue weighted by atomic mass is 32.2. The zero-order valence-electron chi connectivity index (χ0n) is 13.9. The smallest absolute Gasteiger partial charge is 0.308 e. The summed E-state index contributed by atoms with van der Waals surface area (Å²) in [6, 6.07) is 0. The minimum absolute atomic E-state index is 0.0999. The van der Waals surface area contributed by atoms with E-state index >= 15 is 0 Å². The van der Waals surface area contributed by atoms with E-state index in [1.807, 2.05) is 25.6 Å². The highest BCUT2D eigenvalue weighted by Gasteiger charge is 2.50. The molecule has 0 aromatic rings. The van der Waals surface area contributed by atoms with Gasteiger partial charge in [0, 0.05) is 11.2 Å². The number of nitrogens with one attached hydrogen (secondary N) is 1. The maximum absolute atomic E-state index is 13.1. The Balaban J connectivity index is 3.04. The van der Waals surface area contributed by atoms with E-state index in [-0.39, 0.29) is 22.0 Å². The van der Waals surface area contributed by atoms with Crippen LogP contribution < -0.4 is 5.32 Å². The molecule has 0 spiro atoms. The lowest BCUT2D eigenvalue weighted by Crippen LogP contribution is -2.55. The number of thioether (sulfide) groups is 1. The van der Waals surface area contributed by atoms with Crippen LogP contribution in [0.2, 0.25) is 0 Å². The third-order valence-corrected chi connectivity index (χ3v) is 8.20. The first-order valence-corrected chi connectivity index (χ1v) is 9.99. The van der Waals surface area contributed by atoms with Gasteiger partial charge in [0.25, 0.3) is 0 Å². The van der Waals surface area contributed by atoms with Crippen LogP contribution in [0.3, 0.4) is 0 Å². The molecule has 120 valence electrons. The summed E-state index contributed by atoms with van der Waals surface area (Å²) in [6.07, 6.45) is 0. The predicted molar refractivity (Wildman–Crippen MR) is 87.3 cm³/mol. The molecule has 1 aliphatic rings. The van der Waals surface area contributed by atoms with E-state index in [2.05, 4.69) is 39.9 Å². The number of rotatable bonds is 5. The molecule has 0 aromatic carbocycles. The van der Waals surface area contributed by atoms with Crippen molar-refractivity contribution in [2.45, 2.75) is 59.6 Å². The molecule has 20 heavy (non-hydrogen) atoms. The molecule has 1 fully saturated rings. The largest absolute Gasteiger partial charge is 0.348 e. The second-order valence-electron chi connectivity index (χ2n) is 6.99. The predicted octanol–water partition coefficient (Wildman–Crippen LogP) is 4.31. The van der Waals surface area contributed by atoms with E-state index in [9.17, 15) is 4.57 Å². The van der Waals surface area contributed by atoms with Gasteiger partial charge in [0.1, 0.15) is 5.78 Å². The summed E-state index contributed by atoms with van der Waals surface area (Å²) >= 11 is 1.89. The highest BCUT2D eigenvalue weighted by Crippen LogP contribution is 2.60. The molecule has 1 rings (SSSR count). The van der Waals surface area contributed by atoms with Gasteiger partial charge in [0.15, 0.2) is 0 Å². The standard InChI is InChI=1S/C14H30NO3PS/c1-8-17-19(16,18-9-2)11-14(6,7)10-20-12(15-11)13(3,4)5/h11-12,15H,8-10H2,1-7H3/t11-,12+/m0/s1. The van der Waals surface area contributed by atoms with Crippen LogP contribution in [-0.4, -0.2) is 30.1 Å².